The molecule has 1 saturated heterocycles. The van der Waals surface area contributed by atoms with Gasteiger partial charge in [-0.05, 0) is 47.9 Å². The summed E-state index contributed by atoms with van der Waals surface area (Å²) < 4.78 is 13.0. The molecule has 1 unspecified atom stereocenters. The molecular weight excluding hydrogens is 377 g/mol. The van der Waals surface area contributed by atoms with Crippen LogP contribution in [0.3, 0.4) is 0 Å². The smallest absolute Gasteiger partial charge is 0.255 e. The number of hydrogen-bond donors (Lipinski definition) is 2. The normalized spacial score (nSPS) is 18.4. The highest BCUT2D eigenvalue weighted by atomic mass is 19.1. The minimum atomic E-state index is -0.658. The van der Waals surface area contributed by atoms with Gasteiger partial charge in [-0.1, -0.05) is 12.1 Å². The van der Waals surface area contributed by atoms with Crippen LogP contribution in [0.15, 0.2) is 42.5 Å². The first-order chi connectivity index (χ1) is 13.9. The van der Waals surface area contributed by atoms with Crippen molar-refractivity contribution in [1.29, 1.82) is 0 Å². The fourth-order valence-corrected chi connectivity index (χ4v) is 3.62. The number of imide groups is 1. The standard InChI is InChI=1S/C21H18FN3O4/c22-15-4-2-13(3-5-15)19(27)23-10-12-1-6-16-14(9-12)11-25(21(16)29)17-7-8-18(26)24-20(17)28/h1-6,9,17H,7-8,10-11H2,(H,23,27)(H,24,26,28). The van der Waals surface area contributed by atoms with Crippen molar-refractivity contribution in [2.24, 2.45) is 0 Å². The largest absolute Gasteiger partial charge is 0.348 e. The van der Waals surface area contributed by atoms with Crippen molar-refractivity contribution in [2.45, 2.75) is 32.0 Å². The van der Waals surface area contributed by atoms with Gasteiger partial charge in [-0.3, -0.25) is 24.5 Å². The molecule has 2 aromatic rings. The number of carbonyl (C=O) groups is 4. The van der Waals surface area contributed by atoms with Gasteiger partial charge in [0.25, 0.3) is 11.8 Å². The summed E-state index contributed by atoms with van der Waals surface area (Å²) in [6.07, 6.45) is 0.516. The van der Waals surface area contributed by atoms with E-state index >= 15 is 0 Å². The van der Waals surface area contributed by atoms with Gasteiger partial charge in [0.05, 0.1) is 0 Å². The molecule has 2 heterocycles. The van der Waals surface area contributed by atoms with Gasteiger partial charge < -0.3 is 10.2 Å². The highest BCUT2D eigenvalue weighted by Gasteiger charge is 2.39. The molecule has 2 N–H and O–H groups in total. The lowest BCUT2D eigenvalue weighted by molar-refractivity contribution is -0.136. The SMILES string of the molecule is O=C1CCC(N2Cc3cc(CNC(=O)c4ccc(F)cc4)ccc3C2=O)C(=O)N1. The molecule has 0 radical (unpaired) electrons. The van der Waals surface area contributed by atoms with E-state index in [-0.39, 0.29) is 37.2 Å². The van der Waals surface area contributed by atoms with E-state index in [0.717, 1.165) is 11.1 Å². The summed E-state index contributed by atoms with van der Waals surface area (Å²) in [6, 6.07) is 9.85. The molecule has 29 heavy (non-hydrogen) atoms. The van der Waals surface area contributed by atoms with E-state index in [0.29, 0.717) is 17.5 Å². The summed E-state index contributed by atoms with van der Waals surface area (Å²) >= 11 is 0. The lowest BCUT2D eigenvalue weighted by atomic mass is 10.0. The highest BCUT2D eigenvalue weighted by Crippen LogP contribution is 2.28. The number of nitrogens with zero attached hydrogens (tertiary/aromatic N) is 1. The lowest BCUT2D eigenvalue weighted by Crippen LogP contribution is -2.52. The van der Waals surface area contributed by atoms with Gasteiger partial charge in [-0.25, -0.2) is 4.39 Å². The van der Waals surface area contributed by atoms with E-state index in [9.17, 15) is 23.6 Å². The molecule has 2 aromatic carbocycles. The van der Waals surface area contributed by atoms with Gasteiger partial charge in [-0.15, -0.1) is 0 Å². The number of fused-ring (bicyclic) bond motifs is 1. The Bertz CT molecular complexity index is 1020. The summed E-state index contributed by atoms with van der Waals surface area (Å²) in [4.78, 5) is 49.7. The van der Waals surface area contributed by atoms with E-state index < -0.39 is 17.8 Å². The second-order valence-electron chi connectivity index (χ2n) is 7.08. The predicted octanol–water partition coefficient (Wildman–Crippen LogP) is 1.52. The Kier molecular flexibility index (Phi) is 4.84. The van der Waals surface area contributed by atoms with E-state index in [4.69, 9.17) is 0 Å². The Morgan fingerprint density at radius 2 is 1.90 bits per heavy atom. The number of carbonyl (C=O) groups excluding carboxylic acids is 4. The fourth-order valence-electron chi connectivity index (χ4n) is 3.62. The van der Waals surface area contributed by atoms with Crippen molar-refractivity contribution in [3.8, 4) is 0 Å². The highest BCUT2D eigenvalue weighted by molar-refractivity contribution is 6.05. The van der Waals surface area contributed by atoms with Crippen molar-refractivity contribution < 1.29 is 23.6 Å². The predicted molar refractivity (Wildman–Crippen MR) is 100 cm³/mol. The third-order valence-electron chi connectivity index (χ3n) is 5.15. The van der Waals surface area contributed by atoms with Crippen molar-refractivity contribution in [1.82, 2.24) is 15.5 Å². The topological polar surface area (TPSA) is 95.6 Å². The van der Waals surface area contributed by atoms with Crippen molar-refractivity contribution in [3.05, 3.63) is 70.5 Å². The van der Waals surface area contributed by atoms with Gasteiger partial charge in [0.1, 0.15) is 11.9 Å². The Morgan fingerprint density at radius 1 is 1.14 bits per heavy atom. The third kappa shape index (κ3) is 3.73. The molecule has 4 amide bonds. The number of rotatable bonds is 4. The molecule has 0 spiro atoms. The number of hydrogen-bond acceptors (Lipinski definition) is 4. The van der Waals surface area contributed by atoms with Crippen LogP contribution in [-0.4, -0.2) is 34.6 Å². The molecule has 148 valence electrons. The molecule has 2 aliphatic rings. The molecule has 1 fully saturated rings. The molecular formula is C21H18FN3O4. The monoisotopic (exact) mass is 395 g/mol. The molecule has 2 aliphatic heterocycles. The van der Waals surface area contributed by atoms with Crippen molar-refractivity contribution in [2.75, 3.05) is 0 Å². The van der Waals surface area contributed by atoms with Gasteiger partial charge >= 0.3 is 0 Å². The summed E-state index contributed by atoms with van der Waals surface area (Å²) in [7, 11) is 0. The first kappa shape index (κ1) is 18.8. The van der Waals surface area contributed by atoms with Crippen LogP contribution in [0, 0.1) is 5.82 Å². The summed E-state index contributed by atoms with van der Waals surface area (Å²) in [5.74, 6) is -1.75. The van der Waals surface area contributed by atoms with Crippen LogP contribution < -0.4 is 10.6 Å². The lowest BCUT2D eigenvalue weighted by Gasteiger charge is -2.29. The van der Waals surface area contributed by atoms with Crippen LogP contribution >= 0.6 is 0 Å². The van der Waals surface area contributed by atoms with Crippen LogP contribution in [-0.2, 0) is 22.7 Å². The van der Waals surface area contributed by atoms with Gasteiger partial charge in [0.2, 0.25) is 11.8 Å². The number of benzene rings is 2. The van der Waals surface area contributed by atoms with E-state index in [1.165, 1.54) is 29.2 Å². The second kappa shape index (κ2) is 7.46. The summed E-state index contributed by atoms with van der Waals surface area (Å²) in [5.41, 5.74) is 2.44. The van der Waals surface area contributed by atoms with Crippen molar-refractivity contribution >= 4 is 23.6 Å². The van der Waals surface area contributed by atoms with Crippen LogP contribution in [0.1, 0.15) is 44.7 Å². The first-order valence-electron chi connectivity index (χ1n) is 9.22. The molecule has 0 aliphatic carbocycles. The maximum atomic E-state index is 13.0. The maximum Gasteiger partial charge on any atom is 0.255 e. The minimum absolute atomic E-state index is 0.206. The Morgan fingerprint density at radius 3 is 2.62 bits per heavy atom. The van der Waals surface area contributed by atoms with Crippen LogP contribution in [0.2, 0.25) is 0 Å². The van der Waals surface area contributed by atoms with E-state index in [2.05, 4.69) is 10.6 Å². The molecule has 0 bridgehead atoms. The summed E-state index contributed by atoms with van der Waals surface area (Å²) in [5, 5.41) is 5.04. The number of nitrogens with one attached hydrogen (secondary N) is 2. The average molecular weight is 395 g/mol. The third-order valence-corrected chi connectivity index (χ3v) is 5.15. The Balaban J connectivity index is 1.43. The van der Waals surface area contributed by atoms with Crippen LogP contribution in [0.4, 0.5) is 4.39 Å². The zero-order chi connectivity index (χ0) is 20.5. The number of piperidine rings is 1. The molecule has 8 heteroatoms. The van der Waals surface area contributed by atoms with Crippen LogP contribution in [0.5, 0.6) is 0 Å². The quantitative estimate of drug-likeness (QED) is 0.768. The van der Waals surface area contributed by atoms with E-state index in [1.807, 2.05) is 6.07 Å². The average Bonchev–Trinajstić information content (AvgIpc) is 3.02. The van der Waals surface area contributed by atoms with E-state index in [1.54, 1.807) is 12.1 Å². The Labute approximate surface area is 165 Å². The summed E-state index contributed by atoms with van der Waals surface area (Å²) in [6.45, 7) is 0.524. The van der Waals surface area contributed by atoms with Gasteiger partial charge in [0.15, 0.2) is 0 Å². The zero-order valence-corrected chi connectivity index (χ0v) is 15.4. The van der Waals surface area contributed by atoms with Gasteiger partial charge in [0, 0.05) is 30.6 Å². The Hall–Kier alpha value is -3.55. The van der Waals surface area contributed by atoms with Gasteiger partial charge in [-0.2, -0.15) is 0 Å². The number of amides is 4. The maximum absolute atomic E-state index is 13.0. The molecule has 0 saturated carbocycles. The fraction of sp³-hybridized carbons (Fsp3) is 0.238. The first-order valence-corrected chi connectivity index (χ1v) is 9.22. The van der Waals surface area contributed by atoms with Crippen LogP contribution in [0.25, 0.3) is 0 Å². The van der Waals surface area contributed by atoms with Crippen molar-refractivity contribution in [3.63, 3.8) is 0 Å². The second-order valence-corrected chi connectivity index (χ2v) is 7.08. The molecule has 0 aromatic heterocycles. The minimum Gasteiger partial charge on any atom is -0.348 e. The number of halogens is 1. The molecule has 7 nitrogen and oxygen atoms in total. The molecule has 1 atom stereocenters. The molecule has 4 rings (SSSR count). The zero-order valence-electron chi connectivity index (χ0n) is 15.4.